The maximum Gasteiger partial charge on any atom is 0.419 e. The number of aromatic nitrogens is 2. The quantitative estimate of drug-likeness (QED) is 0.897. The van der Waals surface area contributed by atoms with Crippen LogP contribution in [-0.4, -0.2) is 21.0 Å². The lowest BCUT2D eigenvalue weighted by molar-refractivity contribution is -0.138. The Labute approximate surface area is 136 Å². The number of hydrogen-bond acceptors (Lipinski definition) is 4. The lowest BCUT2D eigenvalue weighted by atomic mass is 10.1. The Morgan fingerprint density at radius 2 is 1.88 bits per heavy atom. The molecule has 128 valence electrons. The molecular weight excluding hydrogens is 323 g/mol. The molecule has 0 aliphatic heterocycles. The predicted molar refractivity (Wildman–Crippen MR) is 80.8 cm³/mol. The van der Waals surface area contributed by atoms with Gasteiger partial charge < -0.3 is 10.4 Å². The highest BCUT2D eigenvalue weighted by atomic mass is 19.4. The Morgan fingerprint density at radius 3 is 2.42 bits per heavy atom. The van der Waals surface area contributed by atoms with Gasteiger partial charge in [0.05, 0.1) is 11.1 Å². The summed E-state index contributed by atoms with van der Waals surface area (Å²) in [6.45, 7) is 3.74. The molecule has 1 amide bonds. The third-order valence-electron chi connectivity index (χ3n) is 3.27. The monoisotopic (exact) mass is 339 g/mol. The second-order valence-corrected chi connectivity index (χ2v) is 5.52. The lowest BCUT2D eigenvalue weighted by Gasteiger charge is -2.10. The summed E-state index contributed by atoms with van der Waals surface area (Å²) in [5.41, 5.74) is -0.105. The van der Waals surface area contributed by atoms with Gasteiger partial charge in [0.1, 0.15) is 5.75 Å². The largest absolute Gasteiger partial charge is 0.507 e. The van der Waals surface area contributed by atoms with E-state index in [1.165, 1.54) is 12.1 Å². The fourth-order valence-electron chi connectivity index (χ4n) is 1.88. The van der Waals surface area contributed by atoms with Crippen LogP contribution in [0.1, 0.15) is 25.0 Å². The number of rotatable bonds is 4. The van der Waals surface area contributed by atoms with Crippen molar-refractivity contribution in [1.82, 2.24) is 15.3 Å². The van der Waals surface area contributed by atoms with E-state index in [0.717, 1.165) is 0 Å². The molecule has 1 heterocycles. The number of amides is 1. The minimum Gasteiger partial charge on any atom is -0.507 e. The van der Waals surface area contributed by atoms with Gasteiger partial charge in [0.2, 0.25) is 5.91 Å². The molecule has 0 atom stereocenters. The van der Waals surface area contributed by atoms with Gasteiger partial charge >= 0.3 is 6.18 Å². The Balaban J connectivity index is 2.24. The lowest BCUT2D eigenvalue weighted by Crippen LogP contribution is -2.27. The third-order valence-corrected chi connectivity index (χ3v) is 3.27. The van der Waals surface area contributed by atoms with E-state index in [2.05, 4.69) is 15.3 Å². The number of carbonyl (C=O) groups is 1. The van der Waals surface area contributed by atoms with Crippen LogP contribution < -0.4 is 5.32 Å². The van der Waals surface area contributed by atoms with Crippen LogP contribution in [-0.2, 0) is 17.5 Å². The number of alkyl halides is 3. The molecule has 0 aliphatic carbocycles. The van der Waals surface area contributed by atoms with Gasteiger partial charge in [-0.15, -0.1) is 0 Å². The topological polar surface area (TPSA) is 75.1 Å². The second-order valence-electron chi connectivity index (χ2n) is 5.52. The number of nitrogens with one attached hydrogen (secondary N) is 1. The molecule has 0 saturated carbocycles. The summed E-state index contributed by atoms with van der Waals surface area (Å²) < 4.78 is 37.6. The normalized spacial score (nSPS) is 11.6. The van der Waals surface area contributed by atoms with Crippen molar-refractivity contribution in [3.8, 4) is 17.1 Å². The molecule has 0 radical (unpaired) electrons. The molecule has 2 N–H and O–H groups in total. The van der Waals surface area contributed by atoms with E-state index >= 15 is 0 Å². The van der Waals surface area contributed by atoms with Crippen molar-refractivity contribution in [1.29, 1.82) is 0 Å². The van der Waals surface area contributed by atoms with E-state index in [1.54, 1.807) is 19.9 Å². The van der Waals surface area contributed by atoms with Gasteiger partial charge in [-0.05, 0) is 17.7 Å². The SMILES string of the molecule is CC(C)C(=O)NCc1ccc(O)c(-c2ncc(C(F)(F)F)cn2)c1. The fraction of sp³-hybridized carbons (Fsp3) is 0.312. The van der Waals surface area contributed by atoms with Crippen LogP contribution in [0.5, 0.6) is 5.75 Å². The summed E-state index contributed by atoms with van der Waals surface area (Å²) in [6, 6.07) is 4.51. The fourth-order valence-corrected chi connectivity index (χ4v) is 1.88. The van der Waals surface area contributed by atoms with Crippen LogP contribution in [0.4, 0.5) is 13.2 Å². The first-order valence-corrected chi connectivity index (χ1v) is 7.17. The molecule has 0 aliphatic rings. The van der Waals surface area contributed by atoms with E-state index in [9.17, 15) is 23.1 Å². The maximum absolute atomic E-state index is 12.5. The molecule has 0 saturated heterocycles. The van der Waals surface area contributed by atoms with Gasteiger partial charge in [0.15, 0.2) is 5.82 Å². The Hall–Kier alpha value is -2.64. The zero-order valence-electron chi connectivity index (χ0n) is 13.1. The van der Waals surface area contributed by atoms with Crippen molar-refractivity contribution in [2.75, 3.05) is 0 Å². The van der Waals surface area contributed by atoms with E-state index in [0.29, 0.717) is 18.0 Å². The summed E-state index contributed by atoms with van der Waals surface area (Å²) >= 11 is 0. The number of phenolic OH excluding ortho intramolecular Hbond substituents is 1. The first-order valence-electron chi connectivity index (χ1n) is 7.17. The van der Waals surface area contributed by atoms with E-state index in [4.69, 9.17) is 0 Å². The first-order chi connectivity index (χ1) is 11.2. The molecule has 0 spiro atoms. The number of benzene rings is 1. The van der Waals surface area contributed by atoms with Crippen LogP contribution in [0, 0.1) is 5.92 Å². The molecule has 24 heavy (non-hydrogen) atoms. The summed E-state index contributed by atoms with van der Waals surface area (Å²) in [5, 5.41) is 12.6. The standard InChI is InChI=1S/C16H16F3N3O2/c1-9(2)15(24)22-6-10-3-4-13(23)12(5-10)14-20-7-11(8-21-14)16(17,18)19/h3-5,7-9,23H,6H2,1-2H3,(H,22,24). The number of nitrogens with zero attached hydrogens (tertiary/aromatic N) is 2. The number of aromatic hydroxyl groups is 1. The molecule has 2 aromatic rings. The molecule has 2 rings (SSSR count). The molecule has 8 heteroatoms. The Bertz CT molecular complexity index is 728. The molecular formula is C16H16F3N3O2. The van der Waals surface area contributed by atoms with Crippen molar-refractivity contribution < 1.29 is 23.1 Å². The van der Waals surface area contributed by atoms with Crippen LogP contribution in [0.2, 0.25) is 0 Å². The van der Waals surface area contributed by atoms with Crippen molar-refractivity contribution in [3.05, 3.63) is 41.7 Å². The van der Waals surface area contributed by atoms with Crippen molar-refractivity contribution in [3.63, 3.8) is 0 Å². The number of hydrogen-bond donors (Lipinski definition) is 2. The van der Waals surface area contributed by atoms with Crippen LogP contribution >= 0.6 is 0 Å². The number of halogens is 3. The smallest absolute Gasteiger partial charge is 0.419 e. The first kappa shape index (κ1) is 17.7. The average Bonchev–Trinajstić information content (AvgIpc) is 2.53. The average molecular weight is 339 g/mol. The summed E-state index contributed by atoms with van der Waals surface area (Å²) in [7, 11) is 0. The van der Waals surface area contributed by atoms with E-state index in [-0.39, 0.29) is 35.5 Å². The van der Waals surface area contributed by atoms with Crippen LogP contribution in [0.3, 0.4) is 0 Å². The highest BCUT2D eigenvalue weighted by Gasteiger charge is 2.31. The molecule has 0 bridgehead atoms. The van der Waals surface area contributed by atoms with Gasteiger partial charge in [0, 0.05) is 24.9 Å². The predicted octanol–water partition coefficient (Wildman–Crippen LogP) is 3.14. The number of carbonyl (C=O) groups excluding carboxylic acids is 1. The second kappa shape index (κ2) is 6.86. The molecule has 5 nitrogen and oxygen atoms in total. The van der Waals surface area contributed by atoms with Crippen LogP contribution in [0.25, 0.3) is 11.4 Å². The highest BCUT2D eigenvalue weighted by molar-refractivity contribution is 5.77. The van der Waals surface area contributed by atoms with Gasteiger partial charge in [-0.2, -0.15) is 13.2 Å². The van der Waals surface area contributed by atoms with E-state index < -0.39 is 11.7 Å². The van der Waals surface area contributed by atoms with Crippen molar-refractivity contribution in [2.24, 2.45) is 5.92 Å². The maximum atomic E-state index is 12.5. The van der Waals surface area contributed by atoms with Gasteiger partial charge in [-0.25, -0.2) is 9.97 Å². The van der Waals surface area contributed by atoms with Crippen molar-refractivity contribution >= 4 is 5.91 Å². The minimum atomic E-state index is -4.52. The number of phenols is 1. The highest BCUT2D eigenvalue weighted by Crippen LogP contribution is 2.31. The minimum absolute atomic E-state index is 0.0301. The van der Waals surface area contributed by atoms with Crippen LogP contribution in [0.15, 0.2) is 30.6 Å². The van der Waals surface area contributed by atoms with Gasteiger partial charge in [-0.1, -0.05) is 19.9 Å². The Kier molecular flexibility index (Phi) is 5.06. The zero-order valence-corrected chi connectivity index (χ0v) is 13.1. The Morgan fingerprint density at radius 1 is 1.25 bits per heavy atom. The van der Waals surface area contributed by atoms with Crippen molar-refractivity contribution in [2.45, 2.75) is 26.6 Å². The zero-order chi connectivity index (χ0) is 17.9. The van der Waals surface area contributed by atoms with Gasteiger partial charge in [-0.3, -0.25) is 4.79 Å². The summed E-state index contributed by atoms with van der Waals surface area (Å²) in [6.07, 6.45) is -3.20. The molecule has 0 fully saturated rings. The molecule has 0 unspecified atom stereocenters. The summed E-state index contributed by atoms with van der Waals surface area (Å²) in [5.74, 6) is -0.485. The third kappa shape index (κ3) is 4.21. The van der Waals surface area contributed by atoms with Gasteiger partial charge in [0.25, 0.3) is 0 Å². The molecule has 1 aromatic heterocycles. The summed E-state index contributed by atoms with van der Waals surface area (Å²) in [4.78, 5) is 18.9. The molecule has 1 aromatic carbocycles. The van der Waals surface area contributed by atoms with E-state index in [1.807, 2.05) is 0 Å².